The number of piperidine rings is 1. The first-order chi connectivity index (χ1) is 8.88. The Bertz CT molecular complexity index is 370. The van der Waals surface area contributed by atoms with Crippen LogP contribution in [0.3, 0.4) is 0 Å². The standard InChI is InChI=1S/C14H20N2S2/c17-18-12-13-6-7-14(15-11-13)5-4-10-16-8-2-1-3-9-16/h4-7,11,17H,1-3,8-10,12H2/b5-4+. The van der Waals surface area contributed by atoms with Crippen LogP contribution in [0.1, 0.15) is 30.5 Å². The lowest BCUT2D eigenvalue weighted by molar-refractivity contribution is 0.252. The van der Waals surface area contributed by atoms with Gasteiger partial charge in [-0.25, -0.2) is 0 Å². The van der Waals surface area contributed by atoms with Crippen molar-refractivity contribution < 1.29 is 0 Å². The van der Waals surface area contributed by atoms with E-state index in [0.717, 1.165) is 18.0 Å². The molecule has 0 unspecified atom stereocenters. The molecule has 0 saturated carbocycles. The second kappa shape index (κ2) is 7.87. The van der Waals surface area contributed by atoms with Crippen LogP contribution in [-0.2, 0) is 5.75 Å². The fourth-order valence-corrected chi connectivity index (χ4v) is 2.93. The van der Waals surface area contributed by atoms with Gasteiger partial charge in [-0.15, -0.1) is 11.7 Å². The number of rotatable bonds is 5. The lowest BCUT2D eigenvalue weighted by atomic mass is 10.1. The third-order valence-electron chi connectivity index (χ3n) is 3.18. The van der Waals surface area contributed by atoms with E-state index in [9.17, 15) is 0 Å². The van der Waals surface area contributed by atoms with Crippen LogP contribution < -0.4 is 0 Å². The average molecular weight is 280 g/mol. The van der Waals surface area contributed by atoms with Crippen LogP contribution in [0.5, 0.6) is 0 Å². The molecule has 0 aliphatic carbocycles. The Kier molecular flexibility index (Phi) is 6.11. The fourth-order valence-electron chi connectivity index (χ4n) is 2.16. The van der Waals surface area contributed by atoms with Crippen molar-refractivity contribution in [3.05, 3.63) is 35.7 Å². The van der Waals surface area contributed by atoms with Crippen LogP contribution >= 0.6 is 22.5 Å². The third kappa shape index (κ3) is 4.67. The highest BCUT2D eigenvalue weighted by Gasteiger charge is 2.07. The maximum Gasteiger partial charge on any atom is 0.0627 e. The van der Waals surface area contributed by atoms with Crippen LogP contribution in [0, 0.1) is 0 Å². The number of pyridine rings is 1. The van der Waals surface area contributed by atoms with Crippen molar-refractivity contribution in [2.75, 3.05) is 19.6 Å². The molecule has 1 aliphatic rings. The number of likely N-dealkylation sites (tertiary alicyclic amines) is 1. The summed E-state index contributed by atoms with van der Waals surface area (Å²) in [6, 6.07) is 4.20. The second-order valence-corrected chi connectivity index (χ2v) is 5.95. The monoisotopic (exact) mass is 280 g/mol. The van der Waals surface area contributed by atoms with Crippen molar-refractivity contribution in [2.24, 2.45) is 0 Å². The van der Waals surface area contributed by atoms with Gasteiger partial charge in [0.25, 0.3) is 0 Å². The van der Waals surface area contributed by atoms with Gasteiger partial charge in [-0.3, -0.25) is 9.88 Å². The van der Waals surface area contributed by atoms with Crippen LogP contribution in [0.4, 0.5) is 0 Å². The summed E-state index contributed by atoms with van der Waals surface area (Å²) in [5, 5.41) is 0. The van der Waals surface area contributed by atoms with Gasteiger partial charge in [-0.1, -0.05) is 29.4 Å². The highest BCUT2D eigenvalue weighted by Crippen LogP contribution is 2.14. The first-order valence-corrected chi connectivity index (χ1v) is 8.52. The molecule has 1 fully saturated rings. The third-order valence-corrected chi connectivity index (χ3v) is 4.03. The summed E-state index contributed by atoms with van der Waals surface area (Å²) >= 11 is 4.14. The predicted octanol–water partition coefficient (Wildman–Crippen LogP) is 3.66. The summed E-state index contributed by atoms with van der Waals surface area (Å²) in [5.41, 5.74) is 2.27. The number of nitrogens with zero attached hydrogens (tertiary/aromatic N) is 2. The molecular weight excluding hydrogens is 260 g/mol. The largest absolute Gasteiger partial charge is 0.300 e. The summed E-state index contributed by atoms with van der Waals surface area (Å²) < 4.78 is 0. The molecule has 0 N–H and O–H groups in total. The number of thiol groups is 1. The Morgan fingerprint density at radius 1 is 1.28 bits per heavy atom. The van der Waals surface area contributed by atoms with Gasteiger partial charge in [0, 0.05) is 18.5 Å². The molecule has 0 atom stereocenters. The maximum atomic E-state index is 4.43. The zero-order chi connectivity index (χ0) is 12.6. The topological polar surface area (TPSA) is 16.1 Å². The van der Waals surface area contributed by atoms with Crippen LogP contribution in [0.15, 0.2) is 24.4 Å². The molecule has 1 aromatic heterocycles. The van der Waals surface area contributed by atoms with E-state index >= 15 is 0 Å². The zero-order valence-corrected chi connectivity index (χ0v) is 12.3. The lowest BCUT2D eigenvalue weighted by Gasteiger charge is -2.24. The molecule has 2 nitrogen and oxygen atoms in total. The molecule has 2 rings (SSSR count). The molecule has 98 valence electrons. The van der Waals surface area contributed by atoms with E-state index in [4.69, 9.17) is 0 Å². The molecule has 0 bridgehead atoms. The molecule has 0 aromatic carbocycles. The molecule has 0 amide bonds. The highest BCUT2D eigenvalue weighted by molar-refractivity contribution is 8.68. The maximum absolute atomic E-state index is 4.43. The van der Waals surface area contributed by atoms with E-state index in [1.54, 1.807) is 0 Å². The van der Waals surface area contributed by atoms with E-state index in [0.29, 0.717) is 0 Å². The Labute approximate surface area is 119 Å². The van der Waals surface area contributed by atoms with Crippen LogP contribution in [-0.4, -0.2) is 29.5 Å². The van der Waals surface area contributed by atoms with Gasteiger partial charge in [0.2, 0.25) is 0 Å². The minimum atomic E-state index is 0.911. The van der Waals surface area contributed by atoms with Gasteiger partial charge in [0.15, 0.2) is 0 Å². The van der Waals surface area contributed by atoms with Gasteiger partial charge in [-0.2, -0.15) is 0 Å². The predicted molar refractivity (Wildman–Crippen MR) is 83.8 cm³/mol. The number of aromatic nitrogens is 1. The van der Waals surface area contributed by atoms with Gasteiger partial charge in [0.1, 0.15) is 0 Å². The smallest absolute Gasteiger partial charge is 0.0627 e. The molecule has 1 saturated heterocycles. The van der Waals surface area contributed by atoms with Gasteiger partial charge in [0.05, 0.1) is 5.69 Å². The van der Waals surface area contributed by atoms with Crippen molar-refractivity contribution in [2.45, 2.75) is 25.0 Å². The van der Waals surface area contributed by atoms with Crippen molar-refractivity contribution in [3.63, 3.8) is 0 Å². The highest BCUT2D eigenvalue weighted by atomic mass is 33.1. The molecule has 0 spiro atoms. The molecule has 18 heavy (non-hydrogen) atoms. The summed E-state index contributed by atoms with van der Waals surface area (Å²) in [6.07, 6.45) is 10.4. The SMILES string of the molecule is SSCc1ccc(/C=C/CN2CCCCC2)nc1. The molecule has 4 heteroatoms. The van der Waals surface area contributed by atoms with Gasteiger partial charge >= 0.3 is 0 Å². The second-order valence-electron chi connectivity index (χ2n) is 4.63. The Morgan fingerprint density at radius 2 is 2.11 bits per heavy atom. The van der Waals surface area contributed by atoms with Gasteiger partial charge < -0.3 is 0 Å². The first kappa shape index (κ1) is 14.0. The summed E-state index contributed by atoms with van der Waals surface area (Å²) in [6.45, 7) is 3.54. The Morgan fingerprint density at radius 3 is 2.78 bits per heavy atom. The fraction of sp³-hybridized carbons (Fsp3) is 0.500. The Balaban J connectivity index is 1.80. The number of hydrogen-bond acceptors (Lipinski definition) is 4. The minimum absolute atomic E-state index is 0.911. The summed E-state index contributed by atoms with van der Waals surface area (Å²) in [5.74, 6) is 0.911. The lowest BCUT2D eigenvalue weighted by Crippen LogP contribution is -2.29. The Hall–Kier alpha value is -0.450. The molecule has 1 aliphatic heterocycles. The van der Waals surface area contributed by atoms with E-state index < -0.39 is 0 Å². The van der Waals surface area contributed by atoms with Crippen molar-refractivity contribution in [3.8, 4) is 0 Å². The molecule has 1 aromatic rings. The molecule has 2 heterocycles. The molecular formula is C14H20N2S2. The van der Waals surface area contributed by atoms with Gasteiger partial charge in [-0.05, 0) is 43.6 Å². The minimum Gasteiger partial charge on any atom is -0.300 e. The average Bonchev–Trinajstić information content (AvgIpc) is 2.42. The summed E-state index contributed by atoms with van der Waals surface area (Å²) in [4.78, 5) is 6.93. The van der Waals surface area contributed by atoms with Crippen molar-refractivity contribution >= 4 is 28.5 Å². The first-order valence-electron chi connectivity index (χ1n) is 6.48. The van der Waals surface area contributed by atoms with Crippen molar-refractivity contribution in [1.82, 2.24) is 9.88 Å². The zero-order valence-electron chi connectivity index (χ0n) is 10.6. The van der Waals surface area contributed by atoms with E-state index in [2.05, 4.69) is 45.8 Å². The summed E-state index contributed by atoms with van der Waals surface area (Å²) in [7, 11) is 1.53. The quantitative estimate of drug-likeness (QED) is 0.655. The van der Waals surface area contributed by atoms with E-state index in [1.165, 1.54) is 48.7 Å². The van der Waals surface area contributed by atoms with Crippen molar-refractivity contribution in [1.29, 1.82) is 0 Å². The van der Waals surface area contributed by atoms with E-state index in [-0.39, 0.29) is 0 Å². The van der Waals surface area contributed by atoms with Crippen LogP contribution in [0.25, 0.3) is 6.08 Å². The van der Waals surface area contributed by atoms with Crippen LogP contribution in [0.2, 0.25) is 0 Å². The van der Waals surface area contributed by atoms with E-state index in [1.807, 2.05) is 6.20 Å². The normalized spacial score (nSPS) is 17.4. The number of hydrogen-bond donors (Lipinski definition) is 1. The molecule has 0 radical (unpaired) electrons.